The lowest BCUT2D eigenvalue weighted by Crippen LogP contribution is -2.35. The Morgan fingerprint density at radius 1 is 1.12 bits per heavy atom. The molecule has 1 aromatic heterocycles. The summed E-state index contributed by atoms with van der Waals surface area (Å²) < 4.78 is 5.42. The van der Waals surface area contributed by atoms with Gasteiger partial charge in [-0.05, 0) is 49.2 Å². The van der Waals surface area contributed by atoms with E-state index in [-0.39, 0.29) is 12.5 Å². The number of ether oxygens (including phenoxy) is 1. The smallest absolute Gasteiger partial charge is 0.246 e. The maximum absolute atomic E-state index is 12.4. The molecule has 128 valence electrons. The average Bonchev–Trinajstić information content (AvgIpc) is 2.88. The molecule has 2 aromatic rings. The molecule has 0 unspecified atom stereocenters. The fourth-order valence-corrected chi connectivity index (χ4v) is 2.83. The summed E-state index contributed by atoms with van der Waals surface area (Å²) in [6, 6.07) is 7.54. The second kappa shape index (κ2) is 7.90. The van der Waals surface area contributed by atoms with Gasteiger partial charge in [0.2, 0.25) is 11.7 Å². The Hall–Kier alpha value is -2.44. The van der Waals surface area contributed by atoms with E-state index in [1.165, 1.54) is 17.6 Å². The molecule has 1 aromatic carbocycles. The fourth-order valence-electron chi connectivity index (χ4n) is 2.83. The lowest BCUT2D eigenvalue weighted by atomic mass is 10.2. The molecule has 7 heteroatoms. The number of rotatable bonds is 5. The third kappa shape index (κ3) is 4.10. The van der Waals surface area contributed by atoms with Crippen molar-refractivity contribution >= 4 is 5.91 Å². The highest BCUT2D eigenvalue weighted by molar-refractivity contribution is 5.75. The number of hydrogen-bond acceptors (Lipinski definition) is 5. The van der Waals surface area contributed by atoms with Crippen LogP contribution in [0, 0.1) is 0 Å². The van der Waals surface area contributed by atoms with Crippen LogP contribution in [0.4, 0.5) is 0 Å². The molecule has 1 aliphatic heterocycles. The molecular formula is C17H23N5O2. The Balaban J connectivity index is 1.63. The van der Waals surface area contributed by atoms with Crippen molar-refractivity contribution < 1.29 is 9.53 Å². The van der Waals surface area contributed by atoms with Gasteiger partial charge in [0.25, 0.3) is 0 Å². The van der Waals surface area contributed by atoms with Crippen molar-refractivity contribution in [3.8, 4) is 17.1 Å². The molecule has 1 aliphatic rings. The lowest BCUT2D eigenvalue weighted by Gasteiger charge is -2.19. The number of benzene rings is 1. The number of likely N-dealkylation sites (tertiary alicyclic amines) is 1. The number of carbonyl (C=O) groups is 1. The van der Waals surface area contributed by atoms with Gasteiger partial charge in [-0.3, -0.25) is 4.79 Å². The number of nitrogens with zero attached hydrogens (tertiary/aromatic N) is 5. The maximum Gasteiger partial charge on any atom is 0.246 e. The largest absolute Gasteiger partial charge is 0.494 e. The Morgan fingerprint density at radius 3 is 2.50 bits per heavy atom. The Morgan fingerprint density at radius 2 is 1.83 bits per heavy atom. The molecule has 0 bridgehead atoms. The van der Waals surface area contributed by atoms with Crippen LogP contribution in [-0.2, 0) is 11.3 Å². The summed E-state index contributed by atoms with van der Waals surface area (Å²) in [5, 5.41) is 12.4. The van der Waals surface area contributed by atoms with Crippen LogP contribution in [-0.4, -0.2) is 50.7 Å². The van der Waals surface area contributed by atoms with E-state index in [4.69, 9.17) is 4.74 Å². The zero-order valence-electron chi connectivity index (χ0n) is 14.0. The standard InChI is InChI=1S/C17H23N5O2/c1-2-24-15-9-7-14(8-10-15)17-18-20-22(19-17)13-16(23)21-11-5-3-4-6-12-21/h7-10H,2-6,11-13H2,1H3. The molecule has 0 saturated carbocycles. The van der Waals surface area contributed by atoms with Crippen molar-refractivity contribution in [2.45, 2.75) is 39.2 Å². The SMILES string of the molecule is CCOc1ccc(-c2nnn(CC(=O)N3CCCCCC3)n2)cc1. The van der Waals surface area contributed by atoms with Gasteiger partial charge < -0.3 is 9.64 Å². The van der Waals surface area contributed by atoms with Gasteiger partial charge in [-0.1, -0.05) is 12.8 Å². The molecule has 1 saturated heterocycles. The van der Waals surface area contributed by atoms with Gasteiger partial charge >= 0.3 is 0 Å². The summed E-state index contributed by atoms with van der Waals surface area (Å²) >= 11 is 0. The minimum Gasteiger partial charge on any atom is -0.494 e. The topological polar surface area (TPSA) is 73.1 Å². The van der Waals surface area contributed by atoms with Crippen molar-refractivity contribution in [1.82, 2.24) is 25.1 Å². The molecular weight excluding hydrogens is 306 g/mol. The second-order valence-corrected chi connectivity index (χ2v) is 5.90. The predicted molar refractivity (Wildman–Crippen MR) is 89.5 cm³/mol. The second-order valence-electron chi connectivity index (χ2n) is 5.90. The van der Waals surface area contributed by atoms with Gasteiger partial charge in [0, 0.05) is 18.7 Å². The highest BCUT2D eigenvalue weighted by Crippen LogP contribution is 2.18. The van der Waals surface area contributed by atoms with Gasteiger partial charge in [-0.15, -0.1) is 10.2 Å². The maximum atomic E-state index is 12.4. The summed E-state index contributed by atoms with van der Waals surface area (Å²) in [5.41, 5.74) is 0.854. The van der Waals surface area contributed by atoms with Crippen molar-refractivity contribution in [2.24, 2.45) is 0 Å². The van der Waals surface area contributed by atoms with Crippen LogP contribution in [0.5, 0.6) is 5.75 Å². The monoisotopic (exact) mass is 329 g/mol. The molecule has 1 amide bonds. The van der Waals surface area contributed by atoms with Crippen LogP contribution in [0.2, 0.25) is 0 Å². The minimum atomic E-state index is 0.0625. The normalized spacial score (nSPS) is 15.1. The van der Waals surface area contributed by atoms with Crippen LogP contribution in [0.1, 0.15) is 32.6 Å². The summed E-state index contributed by atoms with van der Waals surface area (Å²) in [4.78, 5) is 15.6. The molecule has 2 heterocycles. The third-order valence-corrected chi connectivity index (χ3v) is 4.11. The summed E-state index contributed by atoms with van der Waals surface area (Å²) in [5.74, 6) is 1.39. The first-order valence-corrected chi connectivity index (χ1v) is 8.55. The zero-order valence-corrected chi connectivity index (χ0v) is 14.0. The number of carbonyl (C=O) groups excluding carboxylic acids is 1. The van der Waals surface area contributed by atoms with E-state index in [0.717, 1.165) is 37.2 Å². The van der Waals surface area contributed by atoms with Gasteiger partial charge in [0.15, 0.2) is 0 Å². The van der Waals surface area contributed by atoms with Gasteiger partial charge in [0.1, 0.15) is 12.3 Å². The molecule has 7 nitrogen and oxygen atoms in total. The number of amides is 1. The number of tetrazole rings is 1. The molecule has 3 rings (SSSR count). The quantitative estimate of drug-likeness (QED) is 0.840. The van der Waals surface area contributed by atoms with E-state index in [1.54, 1.807) is 0 Å². The Kier molecular flexibility index (Phi) is 5.40. The highest BCUT2D eigenvalue weighted by atomic mass is 16.5. The van der Waals surface area contributed by atoms with Crippen LogP contribution in [0.25, 0.3) is 11.4 Å². The molecule has 0 spiro atoms. The van der Waals surface area contributed by atoms with Gasteiger partial charge in [-0.25, -0.2) is 0 Å². The van der Waals surface area contributed by atoms with E-state index < -0.39 is 0 Å². The first kappa shape index (κ1) is 16.4. The van der Waals surface area contributed by atoms with Gasteiger partial charge in [0.05, 0.1) is 6.61 Å². The summed E-state index contributed by atoms with van der Waals surface area (Å²) in [7, 11) is 0. The first-order chi connectivity index (χ1) is 11.8. The third-order valence-electron chi connectivity index (χ3n) is 4.11. The predicted octanol–water partition coefficient (Wildman–Crippen LogP) is 2.14. The van der Waals surface area contributed by atoms with E-state index in [1.807, 2.05) is 36.1 Å². The Bertz CT molecular complexity index is 660. The van der Waals surface area contributed by atoms with E-state index in [9.17, 15) is 4.79 Å². The minimum absolute atomic E-state index is 0.0625. The Labute approximate surface area is 141 Å². The molecule has 0 atom stereocenters. The summed E-state index contributed by atoms with van der Waals surface area (Å²) in [6.07, 6.45) is 4.56. The average molecular weight is 329 g/mol. The number of hydrogen-bond donors (Lipinski definition) is 0. The molecule has 1 fully saturated rings. The van der Waals surface area contributed by atoms with Crippen molar-refractivity contribution in [2.75, 3.05) is 19.7 Å². The zero-order chi connectivity index (χ0) is 16.8. The van der Waals surface area contributed by atoms with Crippen molar-refractivity contribution in [3.63, 3.8) is 0 Å². The van der Waals surface area contributed by atoms with E-state index in [2.05, 4.69) is 15.4 Å². The number of aromatic nitrogens is 4. The molecule has 0 radical (unpaired) electrons. The molecule has 24 heavy (non-hydrogen) atoms. The van der Waals surface area contributed by atoms with E-state index in [0.29, 0.717) is 12.4 Å². The van der Waals surface area contributed by atoms with E-state index >= 15 is 0 Å². The fraction of sp³-hybridized carbons (Fsp3) is 0.529. The lowest BCUT2D eigenvalue weighted by molar-refractivity contribution is -0.132. The summed E-state index contributed by atoms with van der Waals surface area (Å²) in [6.45, 7) is 4.39. The highest BCUT2D eigenvalue weighted by Gasteiger charge is 2.17. The molecule has 0 N–H and O–H groups in total. The van der Waals surface area contributed by atoms with Crippen molar-refractivity contribution in [3.05, 3.63) is 24.3 Å². The van der Waals surface area contributed by atoms with Crippen LogP contribution < -0.4 is 4.74 Å². The van der Waals surface area contributed by atoms with Crippen LogP contribution >= 0.6 is 0 Å². The first-order valence-electron chi connectivity index (χ1n) is 8.55. The van der Waals surface area contributed by atoms with Crippen LogP contribution in [0.15, 0.2) is 24.3 Å². The van der Waals surface area contributed by atoms with Crippen LogP contribution in [0.3, 0.4) is 0 Å². The molecule has 0 aliphatic carbocycles. The van der Waals surface area contributed by atoms with Crippen molar-refractivity contribution in [1.29, 1.82) is 0 Å². The van der Waals surface area contributed by atoms with Gasteiger partial charge in [-0.2, -0.15) is 4.80 Å².